The molecule has 18 aromatic rings. The molecule has 0 bridgehead atoms. The number of para-hydroxylation sites is 7. The SMILES string of the molecule is c1ccc(-n2c(-c3cccc(-c4c5ccccc5c(-c5ccc6c(-c7ccc(-n8c9ccccc9c9ccccc98)cc7)c7ccccc7c(-c7ccc(-n8c9ccccc9c9ccccc98)cc7)c6c5)c5ccccc45)c3)nc3ccccc32)cc1. The number of imidazole rings is 1. The maximum Gasteiger partial charge on any atom is 0.145 e. The smallest absolute Gasteiger partial charge is 0.145 e. The largest absolute Gasteiger partial charge is 0.309 e. The van der Waals surface area contributed by atoms with Crippen molar-refractivity contribution in [3.05, 3.63) is 315 Å². The number of fused-ring (bicyclic) bond motifs is 11. The van der Waals surface area contributed by atoms with Crippen LogP contribution < -0.4 is 0 Å². The summed E-state index contributed by atoms with van der Waals surface area (Å²) < 4.78 is 7.10. The van der Waals surface area contributed by atoms with Crippen LogP contribution in [0.5, 0.6) is 0 Å². The van der Waals surface area contributed by atoms with Gasteiger partial charge in [-0.15, -0.1) is 0 Å². The fourth-order valence-electron chi connectivity index (χ4n) is 14.5. The van der Waals surface area contributed by atoms with Crippen LogP contribution in [-0.2, 0) is 0 Å². The molecule has 0 fully saturated rings. The molecular formula is C83H52N4. The molecule has 0 saturated heterocycles. The van der Waals surface area contributed by atoms with Gasteiger partial charge >= 0.3 is 0 Å². The molecule has 87 heavy (non-hydrogen) atoms. The number of hydrogen-bond donors (Lipinski definition) is 0. The molecule has 0 spiro atoms. The summed E-state index contributed by atoms with van der Waals surface area (Å²) in [5.41, 5.74) is 20.7. The molecule has 3 heterocycles. The van der Waals surface area contributed by atoms with Crippen molar-refractivity contribution in [2.75, 3.05) is 0 Å². The van der Waals surface area contributed by atoms with Gasteiger partial charge in [0.25, 0.3) is 0 Å². The van der Waals surface area contributed by atoms with Crippen molar-refractivity contribution < 1.29 is 0 Å². The van der Waals surface area contributed by atoms with Gasteiger partial charge in [0, 0.05) is 44.2 Å². The minimum Gasteiger partial charge on any atom is -0.309 e. The first-order valence-corrected chi connectivity index (χ1v) is 29.9. The lowest BCUT2D eigenvalue weighted by Gasteiger charge is -2.21. The zero-order valence-electron chi connectivity index (χ0n) is 47.3. The zero-order chi connectivity index (χ0) is 57.1. The van der Waals surface area contributed by atoms with E-state index >= 15 is 0 Å². The van der Waals surface area contributed by atoms with Crippen LogP contribution in [0.25, 0.3) is 171 Å². The van der Waals surface area contributed by atoms with Gasteiger partial charge in [-0.25, -0.2) is 4.98 Å². The predicted molar refractivity (Wildman–Crippen MR) is 367 cm³/mol. The second-order valence-electron chi connectivity index (χ2n) is 22.9. The zero-order valence-corrected chi connectivity index (χ0v) is 47.3. The summed E-state index contributed by atoms with van der Waals surface area (Å²) in [6.45, 7) is 0. The molecule has 0 saturated carbocycles. The number of aromatic nitrogens is 4. The lowest BCUT2D eigenvalue weighted by molar-refractivity contribution is 1.10. The van der Waals surface area contributed by atoms with Crippen LogP contribution in [-0.4, -0.2) is 18.7 Å². The Kier molecular flexibility index (Phi) is 11.0. The topological polar surface area (TPSA) is 27.7 Å². The normalized spacial score (nSPS) is 11.9. The Morgan fingerprint density at radius 2 is 0.506 bits per heavy atom. The number of nitrogens with zero attached hydrogens (tertiary/aromatic N) is 4. The Morgan fingerprint density at radius 1 is 0.184 bits per heavy atom. The van der Waals surface area contributed by atoms with E-state index in [1.165, 1.54) is 115 Å². The van der Waals surface area contributed by atoms with Gasteiger partial charge in [-0.05, 0) is 173 Å². The summed E-state index contributed by atoms with van der Waals surface area (Å²) in [7, 11) is 0. The second kappa shape index (κ2) is 19.5. The van der Waals surface area contributed by atoms with Crippen molar-refractivity contribution in [3.8, 4) is 73.0 Å². The molecule has 0 aliphatic heterocycles. The molecule has 4 nitrogen and oxygen atoms in total. The lowest BCUT2D eigenvalue weighted by Crippen LogP contribution is -1.97. The van der Waals surface area contributed by atoms with Crippen molar-refractivity contribution in [3.63, 3.8) is 0 Å². The van der Waals surface area contributed by atoms with Crippen LogP contribution in [0, 0.1) is 0 Å². The van der Waals surface area contributed by atoms with E-state index in [-0.39, 0.29) is 0 Å². The van der Waals surface area contributed by atoms with E-state index in [0.29, 0.717) is 0 Å². The van der Waals surface area contributed by atoms with E-state index in [2.05, 4.69) is 329 Å². The van der Waals surface area contributed by atoms with E-state index < -0.39 is 0 Å². The second-order valence-corrected chi connectivity index (χ2v) is 22.9. The minimum atomic E-state index is 0.911. The van der Waals surface area contributed by atoms with E-state index in [9.17, 15) is 0 Å². The van der Waals surface area contributed by atoms with Gasteiger partial charge in [0.15, 0.2) is 0 Å². The van der Waals surface area contributed by atoms with Crippen molar-refractivity contribution in [2.45, 2.75) is 0 Å². The molecule has 18 rings (SSSR count). The van der Waals surface area contributed by atoms with Gasteiger partial charge in [0.1, 0.15) is 5.82 Å². The summed E-state index contributed by atoms with van der Waals surface area (Å²) in [6, 6.07) is 116. The Labute approximate surface area is 502 Å². The van der Waals surface area contributed by atoms with Crippen molar-refractivity contribution in [1.29, 1.82) is 0 Å². The molecule has 0 unspecified atom stereocenters. The minimum absolute atomic E-state index is 0.911. The molecule has 4 heteroatoms. The first-order valence-electron chi connectivity index (χ1n) is 29.9. The fourth-order valence-corrected chi connectivity index (χ4v) is 14.5. The van der Waals surface area contributed by atoms with Crippen molar-refractivity contribution in [1.82, 2.24) is 18.7 Å². The third-order valence-electron chi connectivity index (χ3n) is 18.2. The summed E-state index contributed by atoms with van der Waals surface area (Å²) >= 11 is 0. The average Bonchev–Trinajstić information content (AvgIpc) is 2.62. The number of rotatable bonds is 8. The van der Waals surface area contributed by atoms with E-state index in [1.54, 1.807) is 0 Å². The standard InChI is InChI=1S/C83H52N4/c1-2-23-58(24-3-1)87-78-40-19-14-35-73(78)84-83(87)57-22-20-21-55(51-57)81-67-31-6-8-33-69(67)82(70-34-9-7-32-68(70)81)56-45-50-71-72(52-56)80(54-43-48-60(49-44-54)86-76-38-17-12-27-63(76)64-28-13-18-39-77(64)86)66-30-5-4-29-65(66)79(71)53-41-46-59(47-42-53)85-74-36-15-10-25-61(74)62-26-11-16-37-75(62)85/h1-52H. The van der Waals surface area contributed by atoms with E-state index in [0.717, 1.165) is 56.2 Å². The monoisotopic (exact) mass is 1100 g/mol. The average molecular weight is 1110 g/mol. The third kappa shape index (κ3) is 7.54. The quantitative estimate of drug-likeness (QED) is 0.139. The molecule has 0 aliphatic carbocycles. The van der Waals surface area contributed by atoms with Gasteiger partial charge in [-0.1, -0.05) is 231 Å². The molecular weight excluding hydrogens is 1050 g/mol. The van der Waals surface area contributed by atoms with Gasteiger partial charge in [0.05, 0.1) is 33.1 Å². The van der Waals surface area contributed by atoms with Crippen LogP contribution in [0.1, 0.15) is 0 Å². The highest BCUT2D eigenvalue weighted by molar-refractivity contribution is 6.25. The van der Waals surface area contributed by atoms with Crippen LogP contribution in [0.2, 0.25) is 0 Å². The maximum atomic E-state index is 5.30. The fraction of sp³-hybridized carbons (Fsp3) is 0. The molecule has 0 N–H and O–H groups in total. The van der Waals surface area contributed by atoms with Crippen LogP contribution in [0.15, 0.2) is 315 Å². The molecule has 15 aromatic carbocycles. The maximum absolute atomic E-state index is 5.30. The number of hydrogen-bond acceptors (Lipinski definition) is 1. The van der Waals surface area contributed by atoms with Gasteiger partial charge in [0.2, 0.25) is 0 Å². The molecule has 0 aliphatic rings. The summed E-state index contributed by atoms with van der Waals surface area (Å²) in [5, 5.41) is 14.6. The first kappa shape index (κ1) is 48.9. The van der Waals surface area contributed by atoms with Crippen LogP contribution in [0.4, 0.5) is 0 Å². The molecule has 404 valence electrons. The summed E-state index contributed by atoms with van der Waals surface area (Å²) in [5.74, 6) is 0.911. The highest BCUT2D eigenvalue weighted by Gasteiger charge is 2.23. The molecule has 0 radical (unpaired) electrons. The Balaban J connectivity index is 0.855. The van der Waals surface area contributed by atoms with Gasteiger partial charge in [-0.3, -0.25) is 4.57 Å². The highest BCUT2D eigenvalue weighted by Crippen LogP contribution is 2.49. The predicted octanol–water partition coefficient (Wildman–Crippen LogP) is 22.2. The van der Waals surface area contributed by atoms with Gasteiger partial charge in [-0.2, -0.15) is 0 Å². The molecule has 0 amide bonds. The molecule has 0 atom stereocenters. The highest BCUT2D eigenvalue weighted by atomic mass is 15.1. The lowest BCUT2D eigenvalue weighted by atomic mass is 9.82. The Bertz CT molecular complexity index is 5640. The summed E-state index contributed by atoms with van der Waals surface area (Å²) in [6.07, 6.45) is 0. The Morgan fingerprint density at radius 3 is 0.966 bits per heavy atom. The first-order chi connectivity index (χ1) is 43.2. The van der Waals surface area contributed by atoms with E-state index in [4.69, 9.17) is 4.98 Å². The van der Waals surface area contributed by atoms with Crippen LogP contribution in [0.3, 0.4) is 0 Å². The Hall–Kier alpha value is -11.6. The molecule has 3 aromatic heterocycles. The van der Waals surface area contributed by atoms with Gasteiger partial charge < -0.3 is 9.13 Å². The third-order valence-corrected chi connectivity index (χ3v) is 18.2. The van der Waals surface area contributed by atoms with E-state index in [1.807, 2.05) is 0 Å². The summed E-state index contributed by atoms with van der Waals surface area (Å²) in [4.78, 5) is 5.30. The van der Waals surface area contributed by atoms with Crippen molar-refractivity contribution in [2.24, 2.45) is 0 Å². The number of benzene rings is 15. The van der Waals surface area contributed by atoms with Crippen molar-refractivity contribution >= 4 is 97.7 Å². The van der Waals surface area contributed by atoms with Crippen LogP contribution >= 0.6 is 0 Å².